The van der Waals surface area contributed by atoms with Crippen molar-refractivity contribution in [1.29, 1.82) is 0 Å². The van der Waals surface area contributed by atoms with Crippen molar-refractivity contribution in [2.24, 2.45) is 0 Å². The van der Waals surface area contributed by atoms with Crippen LogP contribution in [0.15, 0.2) is 36.4 Å². The molecule has 2 aromatic carbocycles. The van der Waals surface area contributed by atoms with Gasteiger partial charge in [-0.3, -0.25) is 0 Å². The first-order chi connectivity index (χ1) is 8.81. The number of rotatable bonds is 2. The first kappa shape index (κ1) is 11.6. The van der Waals surface area contributed by atoms with Gasteiger partial charge in [-0.15, -0.1) is 0 Å². The van der Waals surface area contributed by atoms with Crippen LogP contribution in [0.2, 0.25) is 5.02 Å². The maximum Gasteiger partial charge on any atom is 0.138 e. The van der Waals surface area contributed by atoms with Crippen molar-refractivity contribution in [3.8, 4) is 16.9 Å². The van der Waals surface area contributed by atoms with Gasteiger partial charge in [0.15, 0.2) is 0 Å². The van der Waals surface area contributed by atoms with Crippen molar-refractivity contribution in [3.63, 3.8) is 0 Å². The van der Waals surface area contributed by atoms with Crippen LogP contribution in [0, 0.1) is 0 Å². The molecule has 2 heteroatoms. The van der Waals surface area contributed by atoms with Crippen LogP contribution in [-0.4, -0.2) is 7.11 Å². The maximum absolute atomic E-state index is 6.42. The highest BCUT2D eigenvalue weighted by Gasteiger charge is 2.17. The summed E-state index contributed by atoms with van der Waals surface area (Å²) in [4.78, 5) is 0. The fourth-order valence-corrected chi connectivity index (χ4v) is 3.05. The quantitative estimate of drug-likeness (QED) is 0.770. The lowest BCUT2D eigenvalue weighted by molar-refractivity contribution is 0.415. The van der Waals surface area contributed by atoms with Crippen molar-refractivity contribution < 1.29 is 4.74 Å². The van der Waals surface area contributed by atoms with Gasteiger partial charge in [-0.2, -0.15) is 0 Å². The minimum atomic E-state index is 0.709. The summed E-state index contributed by atoms with van der Waals surface area (Å²) in [5.41, 5.74) is 5.25. The van der Waals surface area contributed by atoms with Crippen LogP contribution in [0.4, 0.5) is 0 Å². The third kappa shape index (κ3) is 1.79. The normalized spacial score (nSPS) is 13.4. The van der Waals surface area contributed by atoms with Gasteiger partial charge in [0.2, 0.25) is 0 Å². The van der Waals surface area contributed by atoms with E-state index < -0.39 is 0 Å². The molecule has 0 spiro atoms. The van der Waals surface area contributed by atoms with Crippen LogP contribution in [0.5, 0.6) is 5.75 Å². The molecule has 2 aromatic rings. The SMILES string of the molecule is COc1cccc(-c2cccc3c2CCC3)c1Cl. The van der Waals surface area contributed by atoms with Crippen LogP contribution in [0.1, 0.15) is 17.5 Å². The Morgan fingerprint density at radius 2 is 1.78 bits per heavy atom. The van der Waals surface area contributed by atoms with E-state index in [4.69, 9.17) is 16.3 Å². The van der Waals surface area contributed by atoms with Crippen LogP contribution in [0.25, 0.3) is 11.1 Å². The number of halogens is 1. The van der Waals surface area contributed by atoms with Crippen LogP contribution in [-0.2, 0) is 12.8 Å². The van der Waals surface area contributed by atoms with E-state index in [0.29, 0.717) is 5.02 Å². The zero-order valence-electron chi connectivity index (χ0n) is 10.4. The molecule has 0 aromatic heterocycles. The third-order valence-electron chi connectivity index (χ3n) is 3.62. The molecule has 1 aliphatic rings. The summed E-state index contributed by atoms with van der Waals surface area (Å²) in [7, 11) is 1.65. The van der Waals surface area contributed by atoms with Crippen molar-refractivity contribution in [1.82, 2.24) is 0 Å². The molecule has 0 fully saturated rings. The molecule has 0 bridgehead atoms. The van der Waals surface area contributed by atoms with E-state index in [-0.39, 0.29) is 0 Å². The van der Waals surface area contributed by atoms with Gasteiger partial charge in [-0.25, -0.2) is 0 Å². The van der Waals surface area contributed by atoms with E-state index in [1.807, 2.05) is 12.1 Å². The Balaban J connectivity index is 2.19. The number of hydrogen-bond acceptors (Lipinski definition) is 1. The molecule has 0 saturated carbocycles. The number of fused-ring (bicyclic) bond motifs is 1. The Bertz CT molecular complexity index is 590. The molecule has 0 atom stereocenters. The van der Waals surface area contributed by atoms with Gasteiger partial charge in [-0.1, -0.05) is 41.9 Å². The molecule has 3 rings (SSSR count). The van der Waals surface area contributed by atoms with Crippen LogP contribution in [0.3, 0.4) is 0 Å². The van der Waals surface area contributed by atoms with Gasteiger partial charge < -0.3 is 4.74 Å². The monoisotopic (exact) mass is 258 g/mol. The standard InChI is InChI=1S/C16H15ClO/c1-18-15-10-4-9-14(16(15)17)13-8-3-6-11-5-2-7-12(11)13/h3-4,6,8-10H,2,5,7H2,1H3. The third-order valence-corrected chi connectivity index (χ3v) is 4.01. The summed E-state index contributed by atoms with van der Waals surface area (Å²) in [5, 5.41) is 0.709. The fourth-order valence-electron chi connectivity index (χ4n) is 2.75. The summed E-state index contributed by atoms with van der Waals surface area (Å²) in [5.74, 6) is 0.741. The molecule has 1 aliphatic carbocycles. The van der Waals surface area contributed by atoms with Gasteiger partial charge in [0.05, 0.1) is 12.1 Å². The molecule has 0 N–H and O–H groups in total. The van der Waals surface area contributed by atoms with Gasteiger partial charge >= 0.3 is 0 Å². The Kier molecular flexibility index (Phi) is 3.00. The number of methoxy groups -OCH3 is 1. The van der Waals surface area contributed by atoms with Crippen LogP contribution >= 0.6 is 11.6 Å². The van der Waals surface area contributed by atoms with Gasteiger partial charge in [0, 0.05) is 5.56 Å². The summed E-state index contributed by atoms with van der Waals surface area (Å²) in [6.07, 6.45) is 3.58. The molecule has 92 valence electrons. The highest BCUT2D eigenvalue weighted by atomic mass is 35.5. The highest BCUT2D eigenvalue weighted by Crippen LogP contribution is 2.39. The molecular formula is C16H15ClO. The van der Waals surface area contributed by atoms with E-state index in [9.17, 15) is 0 Å². The van der Waals surface area contributed by atoms with E-state index in [2.05, 4.69) is 24.3 Å². The van der Waals surface area contributed by atoms with Crippen LogP contribution < -0.4 is 4.74 Å². The van der Waals surface area contributed by atoms with E-state index in [1.165, 1.54) is 29.5 Å². The minimum Gasteiger partial charge on any atom is -0.495 e. The van der Waals surface area contributed by atoms with Crippen molar-refractivity contribution in [2.75, 3.05) is 7.11 Å². The highest BCUT2D eigenvalue weighted by molar-refractivity contribution is 6.34. The van der Waals surface area contributed by atoms with Gasteiger partial charge in [-0.05, 0) is 42.0 Å². The molecule has 0 unspecified atom stereocenters. The first-order valence-corrected chi connectivity index (χ1v) is 6.62. The Labute approximate surface area is 112 Å². The fraction of sp³-hybridized carbons (Fsp3) is 0.250. The first-order valence-electron chi connectivity index (χ1n) is 6.25. The van der Waals surface area contributed by atoms with Crippen molar-refractivity contribution in [3.05, 3.63) is 52.5 Å². The van der Waals surface area contributed by atoms with Gasteiger partial charge in [0.25, 0.3) is 0 Å². The van der Waals surface area contributed by atoms with E-state index >= 15 is 0 Å². The minimum absolute atomic E-state index is 0.709. The number of ether oxygens (including phenoxy) is 1. The smallest absolute Gasteiger partial charge is 0.138 e. The zero-order valence-corrected chi connectivity index (χ0v) is 11.1. The van der Waals surface area contributed by atoms with Gasteiger partial charge in [0.1, 0.15) is 5.75 Å². The lowest BCUT2D eigenvalue weighted by Crippen LogP contribution is -1.91. The molecule has 0 heterocycles. The summed E-state index contributed by atoms with van der Waals surface area (Å²) >= 11 is 6.42. The number of aryl methyl sites for hydroxylation is 1. The lowest BCUT2D eigenvalue weighted by Gasteiger charge is -2.12. The Hall–Kier alpha value is -1.47. The molecule has 0 radical (unpaired) electrons. The summed E-state index contributed by atoms with van der Waals surface area (Å²) in [6.45, 7) is 0. The predicted molar refractivity (Wildman–Crippen MR) is 75.5 cm³/mol. The Morgan fingerprint density at radius 3 is 2.61 bits per heavy atom. The molecular weight excluding hydrogens is 244 g/mol. The Morgan fingerprint density at radius 1 is 1.00 bits per heavy atom. The number of hydrogen-bond donors (Lipinski definition) is 0. The summed E-state index contributed by atoms with van der Waals surface area (Å²) < 4.78 is 5.29. The molecule has 1 nitrogen and oxygen atoms in total. The van der Waals surface area contributed by atoms with Crippen molar-refractivity contribution >= 4 is 11.6 Å². The molecule has 18 heavy (non-hydrogen) atoms. The average molecular weight is 259 g/mol. The predicted octanol–water partition coefficient (Wildman–Crippen LogP) is 4.50. The zero-order chi connectivity index (χ0) is 12.5. The number of benzene rings is 2. The second kappa shape index (κ2) is 4.66. The van der Waals surface area contributed by atoms with Crippen molar-refractivity contribution in [2.45, 2.75) is 19.3 Å². The second-order valence-corrected chi connectivity index (χ2v) is 5.00. The lowest BCUT2D eigenvalue weighted by atomic mass is 9.97. The summed E-state index contributed by atoms with van der Waals surface area (Å²) in [6, 6.07) is 12.5. The molecule has 0 saturated heterocycles. The maximum atomic E-state index is 6.42. The molecule has 0 aliphatic heterocycles. The second-order valence-electron chi connectivity index (χ2n) is 4.62. The average Bonchev–Trinajstić information content (AvgIpc) is 2.87. The largest absolute Gasteiger partial charge is 0.495 e. The van der Waals surface area contributed by atoms with E-state index in [0.717, 1.165) is 17.7 Å². The van der Waals surface area contributed by atoms with E-state index in [1.54, 1.807) is 7.11 Å². The molecule has 0 amide bonds. The topological polar surface area (TPSA) is 9.23 Å².